The summed E-state index contributed by atoms with van der Waals surface area (Å²) in [6.07, 6.45) is 1.36. The first-order valence-electron chi connectivity index (χ1n) is 3.42. The van der Waals surface area contributed by atoms with Crippen LogP contribution in [0.1, 0.15) is 18.7 Å². The monoisotopic (exact) mass is 182 g/mol. The molecular formula is C6H6N4O3. The van der Waals surface area contributed by atoms with E-state index < -0.39 is 11.0 Å². The lowest BCUT2D eigenvalue weighted by atomic mass is 10.2. The SMILES string of the molecule is CC(N=C=O)c1cc([N+](=O)[O-])[nH]n1. The van der Waals surface area contributed by atoms with Gasteiger partial charge in [-0.05, 0) is 11.8 Å². The molecule has 68 valence electrons. The molecule has 1 rings (SSSR count). The Balaban J connectivity index is 2.91. The topological polar surface area (TPSA) is 101 Å². The Morgan fingerprint density at radius 1 is 1.85 bits per heavy atom. The van der Waals surface area contributed by atoms with E-state index in [1.165, 1.54) is 12.1 Å². The predicted molar refractivity (Wildman–Crippen MR) is 41.8 cm³/mol. The van der Waals surface area contributed by atoms with Gasteiger partial charge in [0, 0.05) is 0 Å². The van der Waals surface area contributed by atoms with Crippen molar-refractivity contribution in [2.75, 3.05) is 0 Å². The second kappa shape index (κ2) is 3.59. The molecule has 0 aromatic carbocycles. The Hall–Kier alpha value is -2.01. The Bertz CT molecular complexity index is 366. The molecule has 1 unspecified atom stereocenters. The fraction of sp³-hybridized carbons (Fsp3) is 0.333. The number of aromatic nitrogens is 2. The van der Waals surface area contributed by atoms with E-state index in [1.54, 1.807) is 6.92 Å². The smallest absolute Gasteiger partial charge is 0.342 e. The van der Waals surface area contributed by atoms with E-state index in [9.17, 15) is 14.9 Å². The minimum Gasteiger partial charge on any atom is -0.358 e. The molecule has 0 aliphatic carbocycles. The molecule has 0 fully saturated rings. The van der Waals surface area contributed by atoms with Gasteiger partial charge in [0.2, 0.25) is 6.08 Å². The van der Waals surface area contributed by atoms with Gasteiger partial charge in [0.1, 0.15) is 11.7 Å². The number of nitrogens with zero attached hydrogens (tertiary/aromatic N) is 3. The summed E-state index contributed by atoms with van der Waals surface area (Å²) in [5, 5.41) is 16.0. The summed E-state index contributed by atoms with van der Waals surface area (Å²) < 4.78 is 0. The lowest BCUT2D eigenvalue weighted by Gasteiger charge is -1.93. The third kappa shape index (κ3) is 1.97. The number of nitrogens with one attached hydrogen (secondary N) is 1. The van der Waals surface area contributed by atoms with Gasteiger partial charge < -0.3 is 10.1 Å². The zero-order chi connectivity index (χ0) is 9.84. The number of rotatable bonds is 3. The highest BCUT2D eigenvalue weighted by molar-refractivity contribution is 5.35. The molecule has 1 aromatic rings. The van der Waals surface area contributed by atoms with E-state index in [1.807, 2.05) is 0 Å². The average Bonchev–Trinajstić information content (AvgIpc) is 2.52. The largest absolute Gasteiger partial charge is 0.358 e. The van der Waals surface area contributed by atoms with Crippen molar-refractivity contribution in [3.05, 3.63) is 21.9 Å². The molecule has 0 spiro atoms. The van der Waals surface area contributed by atoms with Crippen LogP contribution in [-0.2, 0) is 4.79 Å². The van der Waals surface area contributed by atoms with Crippen molar-refractivity contribution in [1.82, 2.24) is 10.2 Å². The number of hydrogen-bond acceptors (Lipinski definition) is 5. The second-order valence-electron chi connectivity index (χ2n) is 2.33. The van der Waals surface area contributed by atoms with Crippen molar-refractivity contribution in [2.24, 2.45) is 4.99 Å². The Kier molecular flexibility index (Phi) is 2.51. The zero-order valence-corrected chi connectivity index (χ0v) is 6.72. The Morgan fingerprint density at radius 3 is 3.00 bits per heavy atom. The van der Waals surface area contributed by atoms with Crippen LogP contribution < -0.4 is 0 Å². The fourth-order valence-corrected chi connectivity index (χ4v) is 0.779. The number of isocyanates is 1. The van der Waals surface area contributed by atoms with Crippen LogP contribution in [0.15, 0.2) is 11.1 Å². The molecule has 1 heterocycles. The summed E-state index contributed by atoms with van der Waals surface area (Å²) in [6.45, 7) is 1.59. The first-order chi connectivity index (χ1) is 6.15. The number of hydrogen-bond donors (Lipinski definition) is 1. The number of H-pyrrole nitrogens is 1. The molecule has 0 amide bonds. The second-order valence-corrected chi connectivity index (χ2v) is 2.33. The molecular weight excluding hydrogens is 176 g/mol. The van der Waals surface area contributed by atoms with E-state index in [4.69, 9.17) is 0 Å². The number of carbonyl (C=O) groups excluding carboxylic acids is 1. The molecule has 1 aromatic heterocycles. The first kappa shape index (κ1) is 9.08. The highest BCUT2D eigenvalue weighted by atomic mass is 16.6. The van der Waals surface area contributed by atoms with E-state index in [-0.39, 0.29) is 5.82 Å². The van der Waals surface area contributed by atoms with Crippen LogP contribution in [0.2, 0.25) is 0 Å². The molecule has 7 nitrogen and oxygen atoms in total. The van der Waals surface area contributed by atoms with E-state index >= 15 is 0 Å². The van der Waals surface area contributed by atoms with Crippen LogP contribution in [0.3, 0.4) is 0 Å². The average molecular weight is 182 g/mol. The molecule has 1 N–H and O–H groups in total. The number of aromatic amines is 1. The van der Waals surface area contributed by atoms with Crippen molar-refractivity contribution in [2.45, 2.75) is 13.0 Å². The van der Waals surface area contributed by atoms with Crippen molar-refractivity contribution >= 4 is 11.9 Å². The van der Waals surface area contributed by atoms with Crippen molar-refractivity contribution in [3.8, 4) is 0 Å². The molecule has 1 atom stereocenters. The zero-order valence-electron chi connectivity index (χ0n) is 6.72. The molecule has 0 bridgehead atoms. The van der Waals surface area contributed by atoms with Gasteiger partial charge in [-0.1, -0.05) is 5.10 Å². The normalized spacial score (nSPS) is 11.8. The van der Waals surface area contributed by atoms with Crippen molar-refractivity contribution < 1.29 is 9.72 Å². The van der Waals surface area contributed by atoms with Crippen molar-refractivity contribution in [1.29, 1.82) is 0 Å². The van der Waals surface area contributed by atoms with Gasteiger partial charge in [0.25, 0.3) is 0 Å². The van der Waals surface area contributed by atoms with Crippen LogP contribution >= 0.6 is 0 Å². The van der Waals surface area contributed by atoms with E-state index in [0.717, 1.165) is 0 Å². The molecule has 0 aliphatic rings. The summed E-state index contributed by atoms with van der Waals surface area (Å²) in [5.41, 5.74) is 0.343. The van der Waals surface area contributed by atoms with Crippen LogP contribution in [0.4, 0.5) is 5.82 Å². The highest BCUT2D eigenvalue weighted by Gasteiger charge is 2.14. The third-order valence-electron chi connectivity index (χ3n) is 1.46. The number of nitro groups is 1. The van der Waals surface area contributed by atoms with Crippen molar-refractivity contribution in [3.63, 3.8) is 0 Å². The van der Waals surface area contributed by atoms with Gasteiger partial charge in [0.05, 0.1) is 6.07 Å². The summed E-state index contributed by atoms with van der Waals surface area (Å²) >= 11 is 0. The fourth-order valence-electron chi connectivity index (χ4n) is 0.779. The summed E-state index contributed by atoms with van der Waals surface area (Å²) in [7, 11) is 0. The van der Waals surface area contributed by atoms with Gasteiger partial charge >= 0.3 is 5.82 Å². The minimum absolute atomic E-state index is 0.219. The molecule has 0 aliphatic heterocycles. The van der Waals surface area contributed by atoms with E-state index in [2.05, 4.69) is 15.2 Å². The lowest BCUT2D eigenvalue weighted by molar-refractivity contribution is -0.389. The summed E-state index contributed by atoms with van der Waals surface area (Å²) in [4.78, 5) is 22.8. The molecule has 0 saturated carbocycles. The Labute approximate surface area is 72.6 Å². The van der Waals surface area contributed by atoms with Crippen LogP contribution in [0, 0.1) is 10.1 Å². The maximum absolute atomic E-state index is 10.2. The van der Waals surface area contributed by atoms with Gasteiger partial charge in [0.15, 0.2) is 0 Å². The quantitative estimate of drug-likeness (QED) is 0.322. The van der Waals surface area contributed by atoms with E-state index in [0.29, 0.717) is 5.69 Å². The first-order valence-corrected chi connectivity index (χ1v) is 3.42. The van der Waals surface area contributed by atoms with Gasteiger partial charge in [-0.15, -0.1) is 5.10 Å². The lowest BCUT2D eigenvalue weighted by Crippen LogP contribution is -1.88. The maximum atomic E-state index is 10.2. The summed E-state index contributed by atoms with van der Waals surface area (Å²) in [6, 6.07) is 0.716. The molecule has 13 heavy (non-hydrogen) atoms. The summed E-state index contributed by atoms with van der Waals surface area (Å²) in [5.74, 6) is -0.219. The Morgan fingerprint density at radius 2 is 2.54 bits per heavy atom. The third-order valence-corrected chi connectivity index (χ3v) is 1.46. The van der Waals surface area contributed by atoms with Gasteiger partial charge in [-0.25, -0.2) is 4.79 Å². The van der Waals surface area contributed by atoms with Crippen LogP contribution in [-0.4, -0.2) is 21.2 Å². The molecule has 0 radical (unpaired) electrons. The van der Waals surface area contributed by atoms with Gasteiger partial charge in [-0.3, -0.25) is 0 Å². The van der Waals surface area contributed by atoms with Crippen LogP contribution in [0.25, 0.3) is 0 Å². The minimum atomic E-state index is -0.603. The van der Waals surface area contributed by atoms with Crippen LogP contribution in [0.5, 0.6) is 0 Å². The molecule has 0 saturated heterocycles. The predicted octanol–water partition coefficient (Wildman–Crippen LogP) is 0.715. The maximum Gasteiger partial charge on any atom is 0.342 e. The molecule has 7 heteroatoms. The highest BCUT2D eigenvalue weighted by Crippen LogP contribution is 2.17. The number of aliphatic imine (C=N–C) groups is 1. The standard InChI is InChI=1S/C6H6N4O3/c1-4(7-3-11)5-2-6(9-8-5)10(12)13/h2,4H,1H3,(H,8,9). The van der Waals surface area contributed by atoms with Gasteiger partial charge in [-0.2, -0.15) is 4.99 Å².